The Hall–Kier alpha value is -1.09. The molecule has 100 valence electrons. The summed E-state index contributed by atoms with van der Waals surface area (Å²) in [7, 11) is 0. The highest BCUT2D eigenvalue weighted by molar-refractivity contribution is 6.33. The van der Waals surface area contributed by atoms with Gasteiger partial charge in [-0.1, -0.05) is 29.3 Å². The van der Waals surface area contributed by atoms with Crippen LogP contribution in [-0.2, 0) is 0 Å². The maximum absolute atomic E-state index is 14.1. The van der Waals surface area contributed by atoms with E-state index in [9.17, 15) is 4.39 Å². The molecule has 0 aliphatic heterocycles. The van der Waals surface area contributed by atoms with E-state index in [-0.39, 0.29) is 5.82 Å². The topological polar surface area (TPSA) is 26.0 Å². The Morgan fingerprint density at radius 3 is 2.42 bits per heavy atom. The molecule has 2 rings (SSSR count). The van der Waals surface area contributed by atoms with E-state index in [0.717, 1.165) is 11.1 Å². The predicted molar refractivity (Wildman–Crippen MR) is 78.4 cm³/mol. The summed E-state index contributed by atoms with van der Waals surface area (Å²) >= 11 is 12.1. The van der Waals surface area contributed by atoms with Crippen LogP contribution in [0.3, 0.4) is 0 Å². The molecule has 4 heteroatoms. The molecule has 0 aliphatic carbocycles. The summed E-state index contributed by atoms with van der Waals surface area (Å²) in [5.41, 5.74) is 8.90. The van der Waals surface area contributed by atoms with Gasteiger partial charge in [0.15, 0.2) is 0 Å². The molecule has 0 heterocycles. The summed E-state index contributed by atoms with van der Waals surface area (Å²) in [5, 5.41) is 1.01. The van der Waals surface area contributed by atoms with Gasteiger partial charge in [0.2, 0.25) is 0 Å². The van der Waals surface area contributed by atoms with Gasteiger partial charge < -0.3 is 5.73 Å². The van der Waals surface area contributed by atoms with E-state index >= 15 is 0 Å². The molecule has 1 nitrogen and oxygen atoms in total. The van der Waals surface area contributed by atoms with E-state index in [4.69, 9.17) is 28.9 Å². The van der Waals surface area contributed by atoms with Crippen molar-refractivity contribution in [2.75, 3.05) is 0 Å². The molecule has 0 radical (unpaired) electrons. The van der Waals surface area contributed by atoms with Crippen molar-refractivity contribution in [1.29, 1.82) is 0 Å². The van der Waals surface area contributed by atoms with Crippen LogP contribution in [0.15, 0.2) is 30.3 Å². The molecule has 0 amide bonds. The van der Waals surface area contributed by atoms with Crippen LogP contribution in [0.25, 0.3) is 0 Å². The van der Waals surface area contributed by atoms with Crippen molar-refractivity contribution in [1.82, 2.24) is 0 Å². The maximum Gasteiger partial charge on any atom is 0.128 e. The lowest BCUT2D eigenvalue weighted by Gasteiger charge is -2.18. The second-order valence-corrected chi connectivity index (χ2v) is 5.46. The van der Waals surface area contributed by atoms with Gasteiger partial charge in [-0.05, 0) is 54.8 Å². The fourth-order valence-electron chi connectivity index (χ4n) is 2.23. The van der Waals surface area contributed by atoms with Crippen LogP contribution in [0.4, 0.5) is 4.39 Å². The quantitative estimate of drug-likeness (QED) is 0.847. The normalized spacial score (nSPS) is 12.5. The number of halogens is 3. The average molecular weight is 298 g/mol. The van der Waals surface area contributed by atoms with Crippen molar-refractivity contribution < 1.29 is 4.39 Å². The molecule has 0 aliphatic rings. The van der Waals surface area contributed by atoms with Crippen LogP contribution in [0.5, 0.6) is 0 Å². The van der Waals surface area contributed by atoms with Gasteiger partial charge in [-0.2, -0.15) is 0 Å². The summed E-state index contributed by atoms with van der Waals surface area (Å²) in [6, 6.07) is 7.76. The molecule has 1 atom stereocenters. The molecule has 2 aromatic rings. The Kier molecular flexibility index (Phi) is 4.14. The van der Waals surface area contributed by atoms with Crippen LogP contribution >= 0.6 is 23.2 Å². The first-order valence-electron chi connectivity index (χ1n) is 5.87. The lowest BCUT2D eigenvalue weighted by atomic mass is 9.94. The van der Waals surface area contributed by atoms with Gasteiger partial charge in [-0.15, -0.1) is 0 Å². The first kappa shape index (κ1) is 14.3. The van der Waals surface area contributed by atoms with Gasteiger partial charge in [0, 0.05) is 15.6 Å². The summed E-state index contributed by atoms with van der Waals surface area (Å²) < 4.78 is 14.1. The SMILES string of the molecule is Cc1cc(C)c(C(N)c2cc(Cl)ccc2Cl)c(F)c1. The lowest BCUT2D eigenvalue weighted by molar-refractivity contribution is 0.596. The van der Waals surface area contributed by atoms with Gasteiger partial charge in [-0.25, -0.2) is 4.39 Å². The molecule has 0 saturated heterocycles. The number of benzene rings is 2. The number of nitrogens with two attached hydrogens (primary N) is 1. The van der Waals surface area contributed by atoms with Gasteiger partial charge in [-0.3, -0.25) is 0 Å². The fraction of sp³-hybridized carbons (Fsp3) is 0.200. The van der Waals surface area contributed by atoms with E-state index in [1.54, 1.807) is 18.2 Å². The molecular weight excluding hydrogens is 284 g/mol. The van der Waals surface area contributed by atoms with E-state index in [0.29, 0.717) is 21.2 Å². The zero-order valence-corrected chi connectivity index (χ0v) is 12.2. The zero-order valence-electron chi connectivity index (χ0n) is 10.7. The summed E-state index contributed by atoms with van der Waals surface area (Å²) in [5.74, 6) is -0.318. The fourth-order valence-corrected chi connectivity index (χ4v) is 2.64. The molecule has 0 spiro atoms. The Morgan fingerprint density at radius 2 is 1.79 bits per heavy atom. The van der Waals surface area contributed by atoms with Crippen molar-refractivity contribution in [2.24, 2.45) is 5.73 Å². The zero-order chi connectivity index (χ0) is 14.2. The maximum atomic E-state index is 14.1. The highest BCUT2D eigenvalue weighted by atomic mass is 35.5. The molecule has 19 heavy (non-hydrogen) atoms. The largest absolute Gasteiger partial charge is 0.320 e. The summed E-state index contributed by atoms with van der Waals surface area (Å²) in [6.07, 6.45) is 0. The van der Waals surface area contributed by atoms with E-state index in [2.05, 4.69) is 0 Å². The third-order valence-corrected chi connectivity index (χ3v) is 3.66. The van der Waals surface area contributed by atoms with Crippen LogP contribution < -0.4 is 5.73 Å². The lowest BCUT2D eigenvalue weighted by Crippen LogP contribution is -2.16. The Labute approximate surface area is 122 Å². The van der Waals surface area contributed by atoms with Crippen LogP contribution in [-0.4, -0.2) is 0 Å². The Bertz CT molecular complexity index is 603. The minimum absolute atomic E-state index is 0.318. The minimum Gasteiger partial charge on any atom is -0.320 e. The van der Waals surface area contributed by atoms with Crippen molar-refractivity contribution in [3.63, 3.8) is 0 Å². The smallest absolute Gasteiger partial charge is 0.128 e. The van der Waals surface area contributed by atoms with Gasteiger partial charge in [0.1, 0.15) is 5.82 Å². The molecule has 0 fully saturated rings. The third kappa shape index (κ3) is 2.92. The molecule has 2 N–H and O–H groups in total. The van der Waals surface area contributed by atoms with Gasteiger partial charge >= 0.3 is 0 Å². The Morgan fingerprint density at radius 1 is 1.11 bits per heavy atom. The van der Waals surface area contributed by atoms with E-state index in [1.165, 1.54) is 6.07 Å². The molecule has 0 aromatic heterocycles. The average Bonchev–Trinajstić information content (AvgIpc) is 2.30. The third-order valence-electron chi connectivity index (χ3n) is 3.08. The number of hydrogen-bond donors (Lipinski definition) is 1. The molecule has 0 saturated carbocycles. The first-order chi connectivity index (χ1) is 8.90. The van der Waals surface area contributed by atoms with E-state index < -0.39 is 6.04 Å². The summed E-state index contributed by atoms with van der Waals surface area (Å²) in [6.45, 7) is 3.68. The molecule has 0 bridgehead atoms. The summed E-state index contributed by atoms with van der Waals surface area (Å²) in [4.78, 5) is 0. The monoisotopic (exact) mass is 297 g/mol. The highest BCUT2D eigenvalue weighted by Crippen LogP contribution is 2.32. The first-order valence-corrected chi connectivity index (χ1v) is 6.63. The van der Waals surface area contributed by atoms with Crippen LogP contribution in [0.2, 0.25) is 10.0 Å². The van der Waals surface area contributed by atoms with Gasteiger partial charge in [0.25, 0.3) is 0 Å². The standard InChI is InChI=1S/C15H14Cl2FN/c1-8-5-9(2)14(13(18)6-8)15(19)11-7-10(16)3-4-12(11)17/h3-7,15H,19H2,1-2H3. The molecule has 2 aromatic carbocycles. The highest BCUT2D eigenvalue weighted by Gasteiger charge is 2.19. The van der Waals surface area contributed by atoms with E-state index in [1.807, 2.05) is 19.9 Å². The van der Waals surface area contributed by atoms with Crippen molar-refractivity contribution in [3.05, 3.63) is 68.4 Å². The van der Waals surface area contributed by atoms with Crippen LogP contribution in [0, 0.1) is 19.7 Å². The van der Waals surface area contributed by atoms with Crippen molar-refractivity contribution in [2.45, 2.75) is 19.9 Å². The van der Waals surface area contributed by atoms with Crippen LogP contribution in [0.1, 0.15) is 28.3 Å². The molecular formula is C15H14Cl2FN. The Balaban J connectivity index is 2.56. The van der Waals surface area contributed by atoms with Crippen molar-refractivity contribution >= 4 is 23.2 Å². The number of hydrogen-bond acceptors (Lipinski definition) is 1. The molecule has 1 unspecified atom stereocenters. The predicted octanol–water partition coefficient (Wildman–Crippen LogP) is 4.80. The number of rotatable bonds is 2. The second-order valence-electron chi connectivity index (χ2n) is 4.62. The minimum atomic E-state index is -0.633. The second kappa shape index (κ2) is 5.49. The van der Waals surface area contributed by atoms with Crippen molar-refractivity contribution in [3.8, 4) is 0 Å². The van der Waals surface area contributed by atoms with Gasteiger partial charge in [0.05, 0.1) is 6.04 Å². The number of aryl methyl sites for hydroxylation is 2.